The first-order valence-electron chi connectivity index (χ1n) is 7.40. The van der Waals surface area contributed by atoms with Crippen LogP contribution in [0.5, 0.6) is 0 Å². The van der Waals surface area contributed by atoms with Crippen LogP contribution in [-0.4, -0.2) is 27.5 Å². The molecule has 0 spiro atoms. The molecule has 0 aromatic carbocycles. The number of hydrogen-bond acceptors (Lipinski definition) is 3. The highest BCUT2D eigenvalue weighted by Crippen LogP contribution is 2.38. The van der Waals surface area contributed by atoms with Gasteiger partial charge in [-0.05, 0) is 25.7 Å². The maximum absolute atomic E-state index is 6.55. The third kappa shape index (κ3) is 3.94. The Morgan fingerprint density at radius 2 is 1.94 bits per heavy atom. The van der Waals surface area contributed by atoms with Gasteiger partial charge in [0.15, 0.2) is 0 Å². The van der Waals surface area contributed by atoms with Crippen LogP contribution >= 0.6 is 23.5 Å². The lowest BCUT2D eigenvalue weighted by molar-refractivity contribution is 0.594. The first kappa shape index (κ1) is 14.8. The van der Waals surface area contributed by atoms with Gasteiger partial charge in [0.2, 0.25) is 0 Å². The van der Waals surface area contributed by atoms with E-state index in [0.717, 1.165) is 10.5 Å². The summed E-state index contributed by atoms with van der Waals surface area (Å²) in [4.78, 5) is 0. The highest BCUT2D eigenvalue weighted by Gasteiger charge is 2.30. The lowest BCUT2D eigenvalue weighted by Gasteiger charge is -2.35. The van der Waals surface area contributed by atoms with Crippen molar-refractivity contribution in [3.05, 3.63) is 11.6 Å². The molecule has 0 saturated carbocycles. The minimum Gasteiger partial charge on any atom is -0.323 e. The Morgan fingerprint density at radius 3 is 2.72 bits per heavy atom. The van der Waals surface area contributed by atoms with Crippen molar-refractivity contribution in [3.63, 3.8) is 0 Å². The van der Waals surface area contributed by atoms with Crippen molar-refractivity contribution in [1.29, 1.82) is 0 Å². The van der Waals surface area contributed by atoms with Gasteiger partial charge in [0, 0.05) is 27.5 Å². The van der Waals surface area contributed by atoms with Crippen molar-refractivity contribution in [2.24, 2.45) is 5.73 Å². The molecule has 1 aliphatic carbocycles. The van der Waals surface area contributed by atoms with E-state index in [2.05, 4.69) is 43.4 Å². The molecule has 1 nitrogen and oxygen atoms in total. The summed E-state index contributed by atoms with van der Waals surface area (Å²) >= 11 is 4.23. The largest absolute Gasteiger partial charge is 0.323 e. The molecule has 1 saturated heterocycles. The molecular formula is C15H27NS2. The first-order valence-corrected chi connectivity index (χ1v) is 9.39. The fraction of sp³-hybridized carbons (Fsp3) is 0.867. The van der Waals surface area contributed by atoms with Crippen LogP contribution in [0.15, 0.2) is 11.6 Å². The van der Waals surface area contributed by atoms with Crippen molar-refractivity contribution >= 4 is 23.5 Å². The molecule has 0 aromatic heterocycles. The van der Waals surface area contributed by atoms with E-state index in [1.54, 1.807) is 5.57 Å². The Morgan fingerprint density at radius 1 is 1.17 bits per heavy atom. The summed E-state index contributed by atoms with van der Waals surface area (Å²) in [6.45, 7) is 4.70. The smallest absolute Gasteiger partial charge is 0.0382 e. The van der Waals surface area contributed by atoms with Crippen molar-refractivity contribution in [2.45, 2.75) is 74.2 Å². The molecule has 18 heavy (non-hydrogen) atoms. The second-order valence-electron chi connectivity index (χ2n) is 5.68. The Hall–Kier alpha value is 0.400. The van der Waals surface area contributed by atoms with E-state index < -0.39 is 0 Å². The topological polar surface area (TPSA) is 26.0 Å². The highest BCUT2D eigenvalue weighted by atomic mass is 32.2. The van der Waals surface area contributed by atoms with Crippen LogP contribution in [0, 0.1) is 0 Å². The van der Waals surface area contributed by atoms with E-state index in [0.29, 0.717) is 11.3 Å². The predicted octanol–water partition coefficient (Wildman–Crippen LogP) is 4.22. The quantitative estimate of drug-likeness (QED) is 0.769. The maximum atomic E-state index is 6.55. The molecule has 1 aliphatic heterocycles. The lowest BCUT2D eigenvalue weighted by atomic mass is 9.94. The number of thioether (sulfide) groups is 2. The van der Waals surface area contributed by atoms with Crippen molar-refractivity contribution in [2.75, 3.05) is 5.75 Å². The summed E-state index contributed by atoms with van der Waals surface area (Å²) in [5.74, 6) is 1.23. The second-order valence-corrected chi connectivity index (χ2v) is 8.71. The van der Waals surface area contributed by atoms with E-state index in [-0.39, 0.29) is 0 Å². The van der Waals surface area contributed by atoms with Crippen LogP contribution in [-0.2, 0) is 0 Å². The van der Waals surface area contributed by atoms with Gasteiger partial charge in [-0.3, -0.25) is 0 Å². The number of rotatable bonds is 2. The summed E-state index contributed by atoms with van der Waals surface area (Å²) in [6, 6.07) is 0.301. The monoisotopic (exact) mass is 285 g/mol. The second kappa shape index (κ2) is 7.25. The summed E-state index contributed by atoms with van der Waals surface area (Å²) in [5, 5.41) is 2.16. The fourth-order valence-corrected chi connectivity index (χ4v) is 5.82. The maximum Gasteiger partial charge on any atom is 0.0382 e. The van der Waals surface area contributed by atoms with Crippen LogP contribution < -0.4 is 5.73 Å². The molecule has 104 valence electrons. The number of hydrogen-bond donors (Lipinski definition) is 1. The molecule has 0 bridgehead atoms. The summed E-state index contributed by atoms with van der Waals surface area (Å²) in [7, 11) is 0. The molecule has 2 N–H and O–H groups in total. The molecule has 1 fully saturated rings. The summed E-state index contributed by atoms with van der Waals surface area (Å²) < 4.78 is 0. The fourth-order valence-electron chi connectivity index (χ4n) is 2.75. The van der Waals surface area contributed by atoms with E-state index in [1.807, 2.05) is 0 Å². The summed E-state index contributed by atoms with van der Waals surface area (Å²) in [6.07, 6.45) is 10.4. The first-order chi connectivity index (χ1) is 8.68. The van der Waals surface area contributed by atoms with Crippen LogP contribution in [0.2, 0.25) is 0 Å². The zero-order valence-electron chi connectivity index (χ0n) is 11.7. The van der Waals surface area contributed by atoms with E-state index >= 15 is 0 Å². The molecule has 2 aliphatic rings. The third-order valence-corrected chi connectivity index (χ3v) is 7.74. The molecule has 4 atom stereocenters. The zero-order chi connectivity index (χ0) is 13.0. The minimum atomic E-state index is 0.301. The van der Waals surface area contributed by atoms with Crippen molar-refractivity contribution in [3.8, 4) is 0 Å². The molecular weight excluding hydrogens is 258 g/mol. The molecule has 1 heterocycles. The van der Waals surface area contributed by atoms with Gasteiger partial charge in [0.25, 0.3) is 0 Å². The molecule has 0 radical (unpaired) electrons. The lowest BCUT2D eigenvalue weighted by Crippen LogP contribution is -2.41. The Bertz CT molecular complexity index is 290. The standard InChI is InChI=1S/C15H27NS2/c1-11-12(2)18-14(10-17-11)15(16)13-8-6-4-3-5-7-9-13/h8,11-12,14-15H,3-7,9-10,16H2,1-2H3. The van der Waals surface area contributed by atoms with Crippen molar-refractivity contribution < 1.29 is 0 Å². The van der Waals surface area contributed by atoms with Gasteiger partial charge in [-0.1, -0.05) is 38.3 Å². The average Bonchev–Trinajstić information content (AvgIpc) is 2.31. The SMILES string of the molecule is CC1SCC(C(N)C2=CCCCCCC2)SC1C. The van der Waals surface area contributed by atoms with Crippen molar-refractivity contribution in [1.82, 2.24) is 0 Å². The normalized spacial score (nSPS) is 36.4. The number of nitrogens with two attached hydrogens (primary N) is 1. The molecule has 0 amide bonds. The number of allylic oxidation sites excluding steroid dienone is 1. The van der Waals surface area contributed by atoms with Gasteiger partial charge in [-0.15, -0.1) is 0 Å². The third-order valence-electron chi connectivity index (χ3n) is 4.23. The van der Waals surface area contributed by atoms with Gasteiger partial charge in [0.1, 0.15) is 0 Å². The van der Waals surface area contributed by atoms with E-state index in [1.165, 1.54) is 44.3 Å². The van der Waals surface area contributed by atoms with E-state index in [4.69, 9.17) is 5.73 Å². The van der Waals surface area contributed by atoms with Gasteiger partial charge in [-0.2, -0.15) is 23.5 Å². The molecule has 0 aromatic rings. The van der Waals surface area contributed by atoms with Crippen LogP contribution in [0.4, 0.5) is 0 Å². The molecule has 2 rings (SSSR count). The predicted molar refractivity (Wildman–Crippen MR) is 86.5 cm³/mol. The Balaban J connectivity index is 1.94. The van der Waals surface area contributed by atoms with Gasteiger partial charge < -0.3 is 5.73 Å². The molecule has 3 heteroatoms. The Labute approximate surface area is 121 Å². The highest BCUT2D eigenvalue weighted by molar-refractivity contribution is 8.07. The molecule has 4 unspecified atom stereocenters. The average molecular weight is 286 g/mol. The Kier molecular flexibility index (Phi) is 5.96. The van der Waals surface area contributed by atoms with Gasteiger partial charge in [0.05, 0.1) is 0 Å². The van der Waals surface area contributed by atoms with Crippen LogP contribution in [0.25, 0.3) is 0 Å². The van der Waals surface area contributed by atoms with Gasteiger partial charge >= 0.3 is 0 Å². The van der Waals surface area contributed by atoms with E-state index in [9.17, 15) is 0 Å². The minimum absolute atomic E-state index is 0.301. The zero-order valence-corrected chi connectivity index (χ0v) is 13.4. The van der Waals surface area contributed by atoms with Crippen LogP contribution in [0.3, 0.4) is 0 Å². The van der Waals surface area contributed by atoms with Crippen LogP contribution in [0.1, 0.15) is 52.4 Å². The summed E-state index contributed by atoms with van der Waals surface area (Å²) in [5.41, 5.74) is 8.10. The van der Waals surface area contributed by atoms with Gasteiger partial charge in [-0.25, -0.2) is 0 Å².